The summed E-state index contributed by atoms with van der Waals surface area (Å²) in [5.41, 5.74) is 0.892. The Hall–Kier alpha value is -1.15. The summed E-state index contributed by atoms with van der Waals surface area (Å²) in [6, 6.07) is 3.14. The van der Waals surface area contributed by atoms with Gasteiger partial charge in [0.15, 0.2) is 6.61 Å². The average molecular weight is 336 g/mol. The van der Waals surface area contributed by atoms with Crippen LogP contribution in [0.25, 0.3) is 0 Å². The van der Waals surface area contributed by atoms with Crippen LogP contribution in [0.2, 0.25) is 0 Å². The third-order valence-corrected chi connectivity index (χ3v) is 5.32. The van der Waals surface area contributed by atoms with Gasteiger partial charge < -0.3 is 4.74 Å². The Kier molecular flexibility index (Phi) is 5.11. The van der Waals surface area contributed by atoms with E-state index in [1.165, 1.54) is 12.3 Å². The molecule has 1 aliphatic heterocycles. The first-order valence-corrected chi connectivity index (χ1v) is 8.23. The predicted octanol–water partition coefficient (Wildman–Crippen LogP) is 2.37. The zero-order chi connectivity index (χ0) is 16.4. The number of halogens is 3. The van der Waals surface area contributed by atoms with E-state index in [1.54, 1.807) is 6.07 Å². The van der Waals surface area contributed by atoms with E-state index in [9.17, 15) is 17.4 Å². The number of pyridine rings is 1. The molecule has 2 rings (SSSR count). The summed E-state index contributed by atoms with van der Waals surface area (Å²) in [7, 11) is -0.828. The van der Waals surface area contributed by atoms with E-state index in [-0.39, 0.29) is 10.6 Å². The molecule has 124 valence electrons. The smallest absolute Gasteiger partial charge is 0.422 e. The molecule has 0 amide bonds. The molecule has 2 heterocycles. The number of aromatic nitrogens is 1. The third-order valence-electron chi connectivity index (χ3n) is 3.40. The van der Waals surface area contributed by atoms with Crippen LogP contribution in [0.5, 0.6) is 5.88 Å². The van der Waals surface area contributed by atoms with E-state index in [4.69, 9.17) is 0 Å². The Labute approximate surface area is 130 Å². The summed E-state index contributed by atoms with van der Waals surface area (Å²) >= 11 is 0. The van der Waals surface area contributed by atoms with Gasteiger partial charge in [0.1, 0.15) is 0 Å². The van der Waals surface area contributed by atoms with Crippen molar-refractivity contribution >= 4 is 10.8 Å². The lowest BCUT2D eigenvalue weighted by molar-refractivity contribution is -0.154. The second-order valence-corrected chi connectivity index (χ2v) is 8.13. The minimum absolute atomic E-state index is 0.0406. The van der Waals surface area contributed by atoms with Gasteiger partial charge in [0.25, 0.3) is 0 Å². The Morgan fingerprint density at radius 1 is 1.41 bits per heavy atom. The van der Waals surface area contributed by atoms with Crippen LogP contribution in [-0.4, -0.2) is 50.5 Å². The summed E-state index contributed by atoms with van der Waals surface area (Å²) in [5, 5.41) is 0. The molecule has 1 aromatic rings. The van der Waals surface area contributed by atoms with Gasteiger partial charge in [-0.15, -0.1) is 0 Å². The summed E-state index contributed by atoms with van der Waals surface area (Å²) in [6.45, 7) is 4.69. The molecule has 1 saturated heterocycles. The largest absolute Gasteiger partial charge is 0.468 e. The van der Waals surface area contributed by atoms with Crippen molar-refractivity contribution in [1.82, 2.24) is 9.88 Å². The molecule has 1 aliphatic rings. The number of ether oxygens (including phenoxy) is 1. The highest BCUT2D eigenvalue weighted by Crippen LogP contribution is 2.22. The Balaban J connectivity index is 1.90. The first-order chi connectivity index (χ1) is 10.2. The number of hydrogen-bond acceptors (Lipinski definition) is 4. The van der Waals surface area contributed by atoms with Crippen molar-refractivity contribution in [3.8, 4) is 5.88 Å². The summed E-state index contributed by atoms with van der Waals surface area (Å²) in [4.78, 5) is 6.06. The van der Waals surface area contributed by atoms with Crippen LogP contribution in [0.1, 0.15) is 19.4 Å². The molecule has 0 N–H and O–H groups in total. The topological polar surface area (TPSA) is 42.4 Å². The molecule has 0 saturated carbocycles. The van der Waals surface area contributed by atoms with E-state index in [1.807, 2.05) is 13.8 Å². The molecule has 1 atom stereocenters. The molecule has 0 spiro atoms. The van der Waals surface area contributed by atoms with E-state index in [2.05, 4.69) is 14.6 Å². The van der Waals surface area contributed by atoms with Crippen LogP contribution in [0.3, 0.4) is 0 Å². The molecular formula is C14H19F3N2O2S. The fourth-order valence-electron chi connectivity index (χ4n) is 2.32. The third kappa shape index (κ3) is 4.95. The molecule has 4 nitrogen and oxygen atoms in total. The van der Waals surface area contributed by atoms with Crippen molar-refractivity contribution in [1.29, 1.82) is 0 Å². The van der Waals surface area contributed by atoms with Gasteiger partial charge >= 0.3 is 6.18 Å². The average Bonchev–Trinajstić information content (AvgIpc) is 2.41. The van der Waals surface area contributed by atoms with Crippen molar-refractivity contribution < 1.29 is 22.1 Å². The molecule has 0 unspecified atom stereocenters. The van der Waals surface area contributed by atoms with Crippen LogP contribution < -0.4 is 4.74 Å². The van der Waals surface area contributed by atoms with E-state index >= 15 is 0 Å². The molecule has 8 heteroatoms. The SMILES string of the molecule is CC1(C)CN(Cc2ccc(OCC(F)(F)F)nc2)CC[S@@]1=O. The summed E-state index contributed by atoms with van der Waals surface area (Å²) < 4.78 is 52.3. The van der Waals surface area contributed by atoms with Crippen molar-refractivity contribution in [3.05, 3.63) is 23.9 Å². The lowest BCUT2D eigenvalue weighted by Crippen LogP contribution is -2.49. The van der Waals surface area contributed by atoms with Gasteiger partial charge in [-0.2, -0.15) is 13.2 Å². The zero-order valence-corrected chi connectivity index (χ0v) is 13.3. The molecule has 0 aromatic carbocycles. The Bertz CT molecular complexity index is 532. The molecular weight excluding hydrogens is 317 g/mol. The first-order valence-electron chi connectivity index (χ1n) is 6.91. The van der Waals surface area contributed by atoms with Gasteiger partial charge in [0.2, 0.25) is 5.88 Å². The maximum atomic E-state index is 12.0. The van der Waals surface area contributed by atoms with Crippen LogP contribution >= 0.6 is 0 Å². The molecule has 22 heavy (non-hydrogen) atoms. The highest BCUT2D eigenvalue weighted by Gasteiger charge is 2.33. The number of rotatable bonds is 4. The second-order valence-electron chi connectivity index (χ2n) is 5.93. The maximum absolute atomic E-state index is 12.0. The number of alkyl halides is 3. The molecule has 1 aromatic heterocycles. The lowest BCUT2D eigenvalue weighted by atomic mass is 10.1. The Morgan fingerprint density at radius 2 is 2.14 bits per heavy atom. The van der Waals surface area contributed by atoms with Crippen LogP contribution in [-0.2, 0) is 17.3 Å². The maximum Gasteiger partial charge on any atom is 0.422 e. The van der Waals surface area contributed by atoms with Crippen molar-refractivity contribution in [2.24, 2.45) is 0 Å². The summed E-state index contributed by atoms with van der Waals surface area (Å²) in [5.74, 6) is 0.592. The van der Waals surface area contributed by atoms with Gasteiger partial charge in [-0.25, -0.2) is 4.98 Å². The molecule has 0 radical (unpaired) electrons. The van der Waals surface area contributed by atoms with Gasteiger partial charge in [0.05, 0.1) is 4.75 Å². The van der Waals surface area contributed by atoms with E-state index in [0.29, 0.717) is 18.8 Å². The standard InChI is InChI=1S/C14H19F3N2O2S/c1-13(2)9-19(5-6-22(13)20)8-11-3-4-12(18-7-11)21-10-14(15,16)17/h3-4,7H,5-6,8-10H2,1-2H3/t22-/m0/s1. The minimum Gasteiger partial charge on any atom is -0.468 e. The molecule has 0 bridgehead atoms. The predicted molar refractivity (Wildman–Crippen MR) is 78.2 cm³/mol. The zero-order valence-electron chi connectivity index (χ0n) is 12.5. The highest BCUT2D eigenvalue weighted by molar-refractivity contribution is 7.86. The minimum atomic E-state index is -4.37. The van der Waals surface area contributed by atoms with E-state index < -0.39 is 23.6 Å². The van der Waals surface area contributed by atoms with Crippen molar-refractivity contribution in [3.63, 3.8) is 0 Å². The normalized spacial score (nSPS) is 22.5. The second kappa shape index (κ2) is 6.54. The highest BCUT2D eigenvalue weighted by atomic mass is 32.2. The van der Waals surface area contributed by atoms with Crippen LogP contribution in [0, 0.1) is 0 Å². The van der Waals surface area contributed by atoms with Crippen molar-refractivity contribution in [2.75, 3.05) is 25.4 Å². The monoisotopic (exact) mass is 336 g/mol. The molecule has 1 fully saturated rings. The number of nitrogens with zero attached hydrogens (tertiary/aromatic N) is 2. The molecule has 0 aliphatic carbocycles. The lowest BCUT2D eigenvalue weighted by Gasteiger charge is -2.37. The van der Waals surface area contributed by atoms with E-state index in [0.717, 1.165) is 12.1 Å². The fourth-order valence-corrected chi connectivity index (χ4v) is 3.62. The Morgan fingerprint density at radius 3 is 2.68 bits per heavy atom. The van der Waals surface area contributed by atoms with Gasteiger partial charge in [-0.05, 0) is 19.4 Å². The van der Waals surface area contributed by atoms with Crippen molar-refractivity contribution in [2.45, 2.75) is 31.3 Å². The van der Waals surface area contributed by atoms with Gasteiger partial charge in [-0.1, -0.05) is 6.07 Å². The van der Waals surface area contributed by atoms with Crippen LogP contribution in [0.15, 0.2) is 18.3 Å². The van der Waals surface area contributed by atoms with Gasteiger partial charge in [-0.3, -0.25) is 9.11 Å². The quantitative estimate of drug-likeness (QED) is 0.847. The fraction of sp³-hybridized carbons (Fsp3) is 0.643. The van der Waals surface area contributed by atoms with Crippen LogP contribution in [0.4, 0.5) is 13.2 Å². The first kappa shape index (κ1) is 17.2. The summed E-state index contributed by atoms with van der Waals surface area (Å²) in [6.07, 6.45) is -2.85. The number of hydrogen-bond donors (Lipinski definition) is 0. The van der Waals surface area contributed by atoms with Gasteiger partial charge in [0, 0.05) is 48.4 Å².